The lowest BCUT2D eigenvalue weighted by molar-refractivity contribution is -0.0111. The molecule has 1 amide bonds. The summed E-state index contributed by atoms with van der Waals surface area (Å²) in [4.78, 5) is 11.6. The summed E-state index contributed by atoms with van der Waals surface area (Å²) in [5.74, 6) is 0.582. The molecule has 0 aromatic heterocycles. The molecule has 19 heavy (non-hydrogen) atoms. The minimum Gasteiger partial charge on any atom is -0.444 e. The van der Waals surface area contributed by atoms with Crippen LogP contribution in [0.2, 0.25) is 0 Å². The maximum Gasteiger partial charge on any atom is 0.407 e. The van der Waals surface area contributed by atoms with Crippen LogP contribution < -0.4 is 10.6 Å². The third-order valence-electron chi connectivity index (χ3n) is 2.76. The highest BCUT2D eigenvalue weighted by molar-refractivity contribution is 5.67. The van der Waals surface area contributed by atoms with Crippen molar-refractivity contribution in [1.29, 1.82) is 0 Å². The Hall–Kier alpha value is -0.810. The lowest BCUT2D eigenvalue weighted by Crippen LogP contribution is -2.54. The molecule has 0 aromatic carbocycles. The van der Waals surface area contributed by atoms with Crippen LogP contribution in [0, 0.1) is 5.92 Å². The van der Waals surface area contributed by atoms with Crippen LogP contribution in [0.3, 0.4) is 0 Å². The van der Waals surface area contributed by atoms with Gasteiger partial charge in [0, 0.05) is 12.6 Å². The van der Waals surface area contributed by atoms with E-state index in [0.717, 1.165) is 19.6 Å². The van der Waals surface area contributed by atoms with Crippen molar-refractivity contribution in [3.63, 3.8) is 0 Å². The van der Waals surface area contributed by atoms with Crippen molar-refractivity contribution >= 4 is 6.09 Å². The molecule has 1 aliphatic heterocycles. The molecule has 112 valence electrons. The fourth-order valence-electron chi connectivity index (χ4n) is 1.97. The highest BCUT2D eigenvalue weighted by Gasteiger charge is 2.23. The molecule has 0 spiro atoms. The Kier molecular flexibility index (Phi) is 6.07. The zero-order chi connectivity index (χ0) is 14.5. The minimum atomic E-state index is -0.452. The summed E-state index contributed by atoms with van der Waals surface area (Å²) in [7, 11) is 0. The van der Waals surface area contributed by atoms with Gasteiger partial charge in [-0.05, 0) is 33.1 Å². The molecule has 1 fully saturated rings. The van der Waals surface area contributed by atoms with E-state index in [0.29, 0.717) is 18.5 Å². The number of carbonyl (C=O) groups is 1. The summed E-state index contributed by atoms with van der Waals surface area (Å²) in [6.07, 6.45) is 0.666. The molecule has 0 aliphatic carbocycles. The first kappa shape index (κ1) is 16.2. The number of hydrogen-bond acceptors (Lipinski definition) is 4. The maximum atomic E-state index is 11.6. The second-order valence-corrected chi connectivity index (χ2v) is 6.61. The first-order valence-electron chi connectivity index (χ1n) is 7.07. The number of carbonyl (C=O) groups excluding carboxylic acids is 1. The van der Waals surface area contributed by atoms with Gasteiger partial charge in [0.25, 0.3) is 0 Å². The summed E-state index contributed by atoms with van der Waals surface area (Å²) >= 11 is 0. The molecule has 5 heteroatoms. The second-order valence-electron chi connectivity index (χ2n) is 6.61. The van der Waals surface area contributed by atoms with E-state index in [2.05, 4.69) is 24.5 Å². The van der Waals surface area contributed by atoms with Crippen LogP contribution in [0.1, 0.15) is 41.0 Å². The third kappa shape index (κ3) is 7.38. The van der Waals surface area contributed by atoms with Crippen LogP contribution in [0.5, 0.6) is 0 Å². The first-order valence-corrected chi connectivity index (χ1v) is 7.07. The highest BCUT2D eigenvalue weighted by Crippen LogP contribution is 2.09. The standard InChI is InChI=1S/C14H28N2O3/c1-10(2)6-11(16-12-8-18-9-12)7-15-13(17)19-14(3,4)5/h10-12,16H,6-9H2,1-5H3,(H,15,17). The van der Waals surface area contributed by atoms with Crippen molar-refractivity contribution in [2.75, 3.05) is 19.8 Å². The topological polar surface area (TPSA) is 59.6 Å². The van der Waals surface area contributed by atoms with Gasteiger partial charge < -0.3 is 20.1 Å². The Balaban J connectivity index is 2.32. The molecule has 2 N–H and O–H groups in total. The normalized spacial score (nSPS) is 18.0. The summed E-state index contributed by atoms with van der Waals surface area (Å²) < 4.78 is 10.4. The summed E-state index contributed by atoms with van der Waals surface area (Å²) in [6, 6.07) is 0.686. The number of amides is 1. The molecule has 1 heterocycles. The van der Waals surface area contributed by atoms with Crippen LogP contribution >= 0.6 is 0 Å². The zero-order valence-electron chi connectivity index (χ0n) is 12.8. The maximum absolute atomic E-state index is 11.6. The Bertz CT molecular complexity index is 283. The number of rotatable bonds is 6. The molecule has 1 aliphatic rings. The molecule has 5 nitrogen and oxygen atoms in total. The van der Waals surface area contributed by atoms with Crippen molar-refractivity contribution in [2.45, 2.75) is 58.7 Å². The molecule has 1 rings (SSSR count). The predicted octanol–water partition coefficient (Wildman–Crippen LogP) is 1.91. The van der Waals surface area contributed by atoms with E-state index >= 15 is 0 Å². The van der Waals surface area contributed by atoms with E-state index in [-0.39, 0.29) is 12.1 Å². The fourth-order valence-corrected chi connectivity index (χ4v) is 1.97. The molecule has 0 radical (unpaired) electrons. The van der Waals surface area contributed by atoms with Crippen LogP contribution in [-0.4, -0.2) is 43.5 Å². The molecule has 0 saturated carbocycles. The van der Waals surface area contributed by atoms with Gasteiger partial charge >= 0.3 is 6.09 Å². The van der Waals surface area contributed by atoms with Crippen LogP contribution in [0.15, 0.2) is 0 Å². The van der Waals surface area contributed by atoms with Crippen molar-refractivity contribution in [1.82, 2.24) is 10.6 Å². The molecular weight excluding hydrogens is 244 g/mol. The van der Waals surface area contributed by atoms with Gasteiger partial charge in [0.1, 0.15) is 5.60 Å². The van der Waals surface area contributed by atoms with Crippen molar-refractivity contribution in [3.8, 4) is 0 Å². The van der Waals surface area contributed by atoms with Crippen LogP contribution in [0.4, 0.5) is 4.79 Å². The van der Waals surface area contributed by atoms with Gasteiger partial charge in [-0.25, -0.2) is 4.79 Å². The smallest absolute Gasteiger partial charge is 0.407 e. The summed E-state index contributed by atoms with van der Waals surface area (Å²) in [6.45, 7) is 12.1. The molecule has 0 bridgehead atoms. The number of alkyl carbamates (subject to hydrolysis) is 1. The summed E-state index contributed by atoms with van der Waals surface area (Å²) in [5, 5.41) is 6.34. The third-order valence-corrected chi connectivity index (χ3v) is 2.76. The van der Waals surface area contributed by atoms with E-state index in [1.807, 2.05) is 20.8 Å². The van der Waals surface area contributed by atoms with Gasteiger partial charge in [0.15, 0.2) is 0 Å². The lowest BCUT2D eigenvalue weighted by atomic mass is 10.0. The van der Waals surface area contributed by atoms with Gasteiger partial charge in [0.05, 0.1) is 19.3 Å². The van der Waals surface area contributed by atoms with E-state index in [1.54, 1.807) is 0 Å². The lowest BCUT2D eigenvalue weighted by Gasteiger charge is -2.32. The molecule has 1 atom stereocenters. The Morgan fingerprint density at radius 1 is 1.37 bits per heavy atom. The van der Waals surface area contributed by atoms with Gasteiger partial charge in [-0.1, -0.05) is 13.8 Å². The monoisotopic (exact) mass is 272 g/mol. The zero-order valence-corrected chi connectivity index (χ0v) is 12.8. The SMILES string of the molecule is CC(C)CC(CNC(=O)OC(C)(C)C)NC1COC1. The number of hydrogen-bond donors (Lipinski definition) is 2. The van der Waals surface area contributed by atoms with E-state index in [4.69, 9.17) is 9.47 Å². The Morgan fingerprint density at radius 3 is 2.42 bits per heavy atom. The average Bonchev–Trinajstić information content (AvgIpc) is 2.16. The molecular formula is C14H28N2O3. The van der Waals surface area contributed by atoms with Gasteiger partial charge in [0.2, 0.25) is 0 Å². The quantitative estimate of drug-likeness (QED) is 0.775. The Morgan fingerprint density at radius 2 is 2.00 bits per heavy atom. The number of ether oxygens (including phenoxy) is 2. The first-order chi connectivity index (χ1) is 8.76. The van der Waals surface area contributed by atoms with E-state index in [1.165, 1.54) is 0 Å². The van der Waals surface area contributed by atoms with Crippen molar-refractivity contribution in [2.24, 2.45) is 5.92 Å². The van der Waals surface area contributed by atoms with Crippen molar-refractivity contribution in [3.05, 3.63) is 0 Å². The predicted molar refractivity (Wildman–Crippen MR) is 75.2 cm³/mol. The summed E-state index contributed by atoms with van der Waals surface area (Å²) in [5.41, 5.74) is -0.452. The largest absolute Gasteiger partial charge is 0.444 e. The molecule has 1 unspecified atom stereocenters. The van der Waals surface area contributed by atoms with Gasteiger partial charge in [-0.3, -0.25) is 0 Å². The fraction of sp³-hybridized carbons (Fsp3) is 0.929. The Labute approximate surface area is 116 Å². The van der Waals surface area contributed by atoms with E-state index in [9.17, 15) is 4.79 Å². The minimum absolute atomic E-state index is 0.265. The second kappa shape index (κ2) is 7.10. The van der Waals surface area contributed by atoms with Gasteiger partial charge in [-0.2, -0.15) is 0 Å². The van der Waals surface area contributed by atoms with Crippen molar-refractivity contribution < 1.29 is 14.3 Å². The van der Waals surface area contributed by atoms with Crippen LogP contribution in [-0.2, 0) is 9.47 Å². The average molecular weight is 272 g/mol. The van der Waals surface area contributed by atoms with Gasteiger partial charge in [-0.15, -0.1) is 0 Å². The molecule has 0 aromatic rings. The molecule has 1 saturated heterocycles. The number of nitrogens with one attached hydrogen (secondary N) is 2. The highest BCUT2D eigenvalue weighted by atomic mass is 16.6. The van der Waals surface area contributed by atoms with Crippen LogP contribution in [0.25, 0.3) is 0 Å². The van der Waals surface area contributed by atoms with E-state index < -0.39 is 5.60 Å².